The fourth-order valence-corrected chi connectivity index (χ4v) is 4.90. The highest BCUT2D eigenvalue weighted by atomic mass is 32.2. The molecule has 2 N–H and O–H groups in total. The molecule has 0 bridgehead atoms. The first-order valence-electron chi connectivity index (χ1n) is 9.49. The fraction of sp³-hybridized carbons (Fsp3) is 0.182. The summed E-state index contributed by atoms with van der Waals surface area (Å²) in [5.74, 6) is 0.716. The zero-order valence-corrected chi connectivity index (χ0v) is 18.8. The van der Waals surface area contributed by atoms with E-state index in [4.69, 9.17) is 4.74 Å². The van der Waals surface area contributed by atoms with Gasteiger partial charge in [0.1, 0.15) is 5.75 Å². The number of amides is 1. The van der Waals surface area contributed by atoms with Gasteiger partial charge in [0.2, 0.25) is 5.13 Å². The van der Waals surface area contributed by atoms with Crippen molar-refractivity contribution in [3.8, 4) is 5.75 Å². The van der Waals surface area contributed by atoms with Crippen LogP contribution in [0, 0.1) is 13.8 Å². The molecule has 2 aromatic carbocycles. The summed E-state index contributed by atoms with van der Waals surface area (Å²) in [4.78, 5) is 28.5. The first kappa shape index (κ1) is 21.1. The monoisotopic (exact) mass is 452 g/mol. The van der Waals surface area contributed by atoms with Crippen molar-refractivity contribution in [2.24, 2.45) is 0 Å². The summed E-state index contributed by atoms with van der Waals surface area (Å²) in [5.41, 5.74) is 4.10. The van der Waals surface area contributed by atoms with Crippen molar-refractivity contribution in [2.75, 3.05) is 12.4 Å². The third-order valence-electron chi connectivity index (χ3n) is 4.79. The molecule has 2 aromatic heterocycles. The number of anilines is 1. The van der Waals surface area contributed by atoms with Crippen LogP contribution >= 0.6 is 23.1 Å². The Morgan fingerprint density at radius 3 is 2.74 bits per heavy atom. The number of pyridine rings is 1. The van der Waals surface area contributed by atoms with Crippen LogP contribution in [-0.4, -0.2) is 28.2 Å². The summed E-state index contributed by atoms with van der Waals surface area (Å²) in [6, 6.07) is 12.6. The second-order valence-electron chi connectivity index (χ2n) is 6.92. The molecule has 9 heteroatoms. The lowest BCUT2D eigenvalue weighted by atomic mass is 10.0. The van der Waals surface area contributed by atoms with Crippen LogP contribution in [0.3, 0.4) is 0 Å². The normalized spacial score (nSPS) is 10.9. The number of rotatable bonds is 6. The number of nitrogens with one attached hydrogen (secondary N) is 2. The van der Waals surface area contributed by atoms with Gasteiger partial charge in [-0.15, -0.1) is 10.2 Å². The number of fused-ring (bicyclic) bond motifs is 1. The summed E-state index contributed by atoms with van der Waals surface area (Å²) in [6.07, 6.45) is 0. The number of aromatic nitrogens is 3. The van der Waals surface area contributed by atoms with Gasteiger partial charge in [-0.1, -0.05) is 47.4 Å². The van der Waals surface area contributed by atoms with E-state index in [1.807, 2.05) is 26.0 Å². The minimum Gasteiger partial charge on any atom is -0.496 e. The smallest absolute Gasteiger partial charge is 0.261 e. The number of aryl methyl sites for hydroxylation is 2. The van der Waals surface area contributed by atoms with E-state index in [9.17, 15) is 9.59 Å². The van der Waals surface area contributed by atoms with Crippen LogP contribution in [0.25, 0.3) is 10.9 Å². The number of H-pyrrole nitrogens is 1. The molecule has 0 aliphatic heterocycles. The van der Waals surface area contributed by atoms with E-state index < -0.39 is 0 Å². The molecule has 31 heavy (non-hydrogen) atoms. The van der Waals surface area contributed by atoms with E-state index in [0.717, 1.165) is 27.7 Å². The number of carbonyl (C=O) groups excluding carboxylic acids is 1. The van der Waals surface area contributed by atoms with Crippen molar-refractivity contribution in [1.82, 2.24) is 15.2 Å². The highest BCUT2D eigenvalue weighted by Crippen LogP contribution is 2.29. The van der Waals surface area contributed by atoms with Gasteiger partial charge in [-0.2, -0.15) is 0 Å². The lowest BCUT2D eigenvalue weighted by Crippen LogP contribution is -2.12. The van der Waals surface area contributed by atoms with Crippen LogP contribution in [0.4, 0.5) is 5.13 Å². The van der Waals surface area contributed by atoms with Gasteiger partial charge in [0.15, 0.2) is 9.77 Å². The number of ether oxygens (including phenoxy) is 1. The molecule has 4 rings (SSSR count). The zero-order valence-electron chi connectivity index (χ0n) is 17.2. The molecule has 1 amide bonds. The molecule has 7 nitrogen and oxygen atoms in total. The molecule has 0 aliphatic carbocycles. The first-order valence-corrected chi connectivity index (χ1v) is 11.3. The molecule has 0 saturated carbocycles. The first-order chi connectivity index (χ1) is 15.0. The average molecular weight is 453 g/mol. The molecule has 158 valence electrons. The van der Waals surface area contributed by atoms with Gasteiger partial charge < -0.3 is 9.72 Å². The minimum absolute atomic E-state index is 0.00701. The number of hydrogen-bond donors (Lipinski definition) is 2. The molecule has 0 spiro atoms. The second-order valence-corrected chi connectivity index (χ2v) is 9.12. The minimum atomic E-state index is -0.310. The van der Waals surface area contributed by atoms with E-state index in [2.05, 4.69) is 20.5 Å². The van der Waals surface area contributed by atoms with Gasteiger partial charge in [0.05, 0.1) is 18.2 Å². The number of methoxy groups -OCH3 is 1. The van der Waals surface area contributed by atoms with E-state index in [1.165, 1.54) is 30.2 Å². The molecule has 2 heterocycles. The largest absolute Gasteiger partial charge is 0.496 e. The second kappa shape index (κ2) is 8.91. The predicted octanol–water partition coefficient (Wildman–Crippen LogP) is 4.55. The van der Waals surface area contributed by atoms with Gasteiger partial charge >= 0.3 is 0 Å². The van der Waals surface area contributed by atoms with Gasteiger partial charge in [-0.05, 0) is 37.1 Å². The molecule has 0 radical (unpaired) electrons. The molecular formula is C22H20N4O3S2. The van der Waals surface area contributed by atoms with Crippen molar-refractivity contribution in [2.45, 2.75) is 23.9 Å². The molecule has 0 saturated heterocycles. The number of nitrogens with zero attached hydrogens (tertiary/aromatic N) is 2. The third kappa shape index (κ3) is 4.47. The number of thioether (sulfide) groups is 1. The highest BCUT2D eigenvalue weighted by Gasteiger charge is 2.15. The lowest BCUT2D eigenvalue weighted by molar-refractivity contribution is 0.102. The van der Waals surface area contributed by atoms with Gasteiger partial charge in [0.25, 0.3) is 5.91 Å². The van der Waals surface area contributed by atoms with Crippen LogP contribution in [0.15, 0.2) is 51.6 Å². The van der Waals surface area contributed by atoms with Crippen LogP contribution in [0.2, 0.25) is 0 Å². The lowest BCUT2D eigenvalue weighted by Gasteiger charge is -2.08. The van der Waals surface area contributed by atoms with Crippen LogP contribution in [0.5, 0.6) is 5.75 Å². The van der Waals surface area contributed by atoms with Crippen molar-refractivity contribution in [1.29, 1.82) is 0 Å². The highest BCUT2D eigenvalue weighted by molar-refractivity contribution is 8.00. The summed E-state index contributed by atoms with van der Waals surface area (Å²) in [6.45, 7) is 3.92. The Hall–Kier alpha value is -3.17. The molecule has 0 unspecified atom stereocenters. The molecule has 4 aromatic rings. The molecule has 0 aliphatic rings. The van der Waals surface area contributed by atoms with Crippen LogP contribution < -0.4 is 15.5 Å². The van der Waals surface area contributed by atoms with Gasteiger partial charge in [0, 0.05) is 22.9 Å². The van der Waals surface area contributed by atoms with Crippen LogP contribution in [-0.2, 0) is 5.75 Å². The maximum atomic E-state index is 12.6. The molecular weight excluding hydrogens is 432 g/mol. The zero-order chi connectivity index (χ0) is 22.0. The fourth-order valence-electron chi connectivity index (χ4n) is 3.25. The van der Waals surface area contributed by atoms with Crippen molar-refractivity contribution < 1.29 is 9.53 Å². The number of benzene rings is 2. The number of carbonyl (C=O) groups is 1. The Bertz CT molecular complexity index is 1330. The van der Waals surface area contributed by atoms with Gasteiger partial charge in [-0.25, -0.2) is 0 Å². The molecule has 0 fully saturated rings. The van der Waals surface area contributed by atoms with E-state index in [1.54, 1.807) is 30.3 Å². The van der Waals surface area contributed by atoms with Crippen molar-refractivity contribution in [3.05, 3.63) is 75.1 Å². The van der Waals surface area contributed by atoms with Crippen molar-refractivity contribution in [3.63, 3.8) is 0 Å². The summed E-state index contributed by atoms with van der Waals surface area (Å²) < 4.78 is 5.92. The Labute approximate surface area is 186 Å². The quantitative estimate of drug-likeness (QED) is 0.329. The standard InChI is InChI=1S/C22H20N4O3S2/c1-12-8-9-13(2)19-18(12)16(27)10-14(23-19)11-30-22-26-25-21(31-22)24-20(28)15-6-4-5-7-17(15)29-3/h4-10H,11H2,1-3H3,(H,23,27)(H,24,25,28). The summed E-state index contributed by atoms with van der Waals surface area (Å²) in [5, 5.41) is 12.1. The van der Waals surface area contributed by atoms with Crippen molar-refractivity contribution >= 4 is 45.0 Å². The molecule has 0 atom stereocenters. The topological polar surface area (TPSA) is 97.0 Å². The van der Waals surface area contributed by atoms with Crippen LogP contribution in [0.1, 0.15) is 27.2 Å². The maximum Gasteiger partial charge on any atom is 0.261 e. The Morgan fingerprint density at radius 2 is 1.94 bits per heavy atom. The average Bonchev–Trinajstić information content (AvgIpc) is 3.21. The predicted molar refractivity (Wildman–Crippen MR) is 124 cm³/mol. The maximum absolute atomic E-state index is 12.6. The number of aromatic amines is 1. The van der Waals surface area contributed by atoms with E-state index >= 15 is 0 Å². The number of hydrogen-bond acceptors (Lipinski definition) is 7. The SMILES string of the molecule is COc1ccccc1C(=O)Nc1nnc(SCc2cc(=O)c3c(C)ccc(C)c3[nH]2)s1. The van der Waals surface area contributed by atoms with Gasteiger partial charge in [-0.3, -0.25) is 14.9 Å². The Kier molecular flexibility index (Phi) is 6.06. The summed E-state index contributed by atoms with van der Waals surface area (Å²) >= 11 is 2.73. The van der Waals surface area contributed by atoms with E-state index in [-0.39, 0.29) is 11.3 Å². The number of para-hydroxylation sites is 1. The van der Waals surface area contributed by atoms with E-state index in [0.29, 0.717) is 26.5 Å². The Morgan fingerprint density at radius 1 is 1.16 bits per heavy atom. The summed E-state index contributed by atoms with van der Waals surface area (Å²) in [7, 11) is 1.52. The Balaban J connectivity index is 1.47. The third-order valence-corrected chi connectivity index (χ3v) is 6.81.